The van der Waals surface area contributed by atoms with E-state index in [-0.39, 0.29) is 5.69 Å². The summed E-state index contributed by atoms with van der Waals surface area (Å²) in [5, 5.41) is 13.6. The highest BCUT2D eigenvalue weighted by molar-refractivity contribution is 5.57. The van der Waals surface area contributed by atoms with Crippen molar-refractivity contribution in [3.63, 3.8) is 0 Å². The minimum absolute atomic E-state index is 0.0398. The largest absolute Gasteiger partial charge is 0.325 e. The first-order valence-corrected chi connectivity index (χ1v) is 6.08. The average molecular weight is 270 g/mol. The molecule has 6 heteroatoms. The van der Waals surface area contributed by atoms with Gasteiger partial charge in [0.2, 0.25) is 0 Å². The molecule has 0 aliphatic rings. The first-order valence-electron chi connectivity index (χ1n) is 6.08. The van der Waals surface area contributed by atoms with E-state index in [9.17, 15) is 10.1 Å². The molecule has 0 unspecified atom stereocenters. The summed E-state index contributed by atoms with van der Waals surface area (Å²) in [7, 11) is 0. The van der Waals surface area contributed by atoms with Crippen molar-refractivity contribution in [1.29, 1.82) is 0 Å². The summed E-state index contributed by atoms with van der Waals surface area (Å²) < 4.78 is 0. The lowest BCUT2D eigenvalue weighted by Crippen LogP contribution is -1.98. The number of nitrogens with one attached hydrogen (secondary N) is 1. The highest BCUT2D eigenvalue weighted by atomic mass is 16.6. The average Bonchev–Trinajstić information content (AvgIpc) is 2.43. The van der Waals surface area contributed by atoms with Gasteiger partial charge in [-0.1, -0.05) is 12.1 Å². The van der Waals surface area contributed by atoms with Crippen LogP contribution >= 0.6 is 0 Å². The Morgan fingerprint density at radius 2 is 2.00 bits per heavy atom. The van der Waals surface area contributed by atoms with Crippen LogP contribution < -0.4 is 5.32 Å². The van der Waals surface area contributed by atoms with Crippen LogP contribution in [0.15, 0.2) is 36.5 Å². The number of nitrogens with zero attached hydrogens (tertiary/aromatic N) is 3. The molecule has 0 radical (unpaired) electrons. The Labute approximate surface area is 116 Å². The van der Waals surface area contributed by atoms with E-state index < -0.39 is 4.92 Å². The lowest BCUT2D eigenvalue weighted by molar-refractivity contribution is -0.385. The van der Waals surface area contributed by atoms with Gasteiger partial charge in [-0.25, -0.2) is 9.97 Å². The van der Waals surface area contributed by atoms with Crippen molar-refractivity contribution in [3.8, 4) is 0 Å². The van der Waals surface area contributed by atoms with Gasteiger partial charge in [0.25, 0.3) is 5.69 Å². The van der Waals surface area contributed by atoms with Gasteiger partial charge in [-0.3, -0.25) is 10.1 Å². The number of hydrogen-bond donors (Lipinski definition) is 1. The molecule has 20 heavy (non-hydrogen) atoms. The fourth-order valence-electron chi connectivity index (χ4n) is 1.64. The lowest BCUT2D eigenvalue weighted by Gasteiger charge is -2.07. The smallest absolute Gasteiger partial charge is 0.287 e. The van der Waals surface area contributed by atoms with Gasteiger partial charge in [-0.2, -0.15) is 0 Å². The maximum absolute atomic E-state index is 10.5. The highest BCUT2D eigenvalue weighted by Gasteiger charge is 2.06. The van der Waals surface area contributed by atoms with Crippen LogP contribution in [0.4, 0.5) is 17.3 Å². The minimum atomic E-state index is -0.481. The van der Waals surface area contributed by atoms with E-state index in [1.165, 1.54) is 12.3 Å². The number of aryl methyl sites for hydroxylation is 1. The van der Waals surface area contributed by atoms with Crippen LogP contribution in [0.1, 0.15) is 18.2 Å². The molecule has 0 amide bonds. The van der Waals surface area contributed by atoms with Gasteiger partial charge in [-0.15, -0.1) is 0 Å². The van der Waals surface area contributed by atoms with Crippen LogP contribution in [0.2, 0.25) is 0 Å². The topological polar surface area (TPSA) is 81.0 Å². The van der Waals surface area contributed by atoms with Crippen LogP contribution in [0.3, 0.4) is 0 Å². The highest BCUT2D eigenvalue weighted by Crippen LogP contribution is 2.17. The molecule has 2 aromatic rings. The summed E-state index contributed by atoms with van der Waals surface area (Å²) in [5.74, 6) is 1.16. The van der Waals surface area contributed by atoms with Crippen LogP contribution in [-0.4, -0.2) is 14.9 Å². The fourth-order valence-corrected chi connectivity index (χ4v) is 1.64. The van der Waals surface area contributed by atoms with Gasteiger partial charge in [-0.05, 0) is 37.6 Å². The predicted octanol–water partition coefficient (Wildman–Crippen LogP) is 3.47. The summed E-state index contributed by atoms with van der Waals surface area (Å²) in [4.78, 5) is 18.5. The summed E-state index contributed by atoms with van der Waals surface area (Å²) >= 11 is 0. The molecular weight excluding hydrogens is 256 g/mol. The Morgan fingerprint density at radius 1 is 1.25 bits per heavy atom. The Bertz CT molecular complexity index is 651. The maximum Gasteiger partial charge on any atom is 0.287 e. The van der Waals surface area contributed by atoms with Crippen molar-refractivity contribution < 1.29 is 4.92 Å². The molecule has 102 valence electrons. The number of aromatic nitrogens is 2. The normalized spacial score (nSPS) is 10.7. The third-order valence-electron chi connectivity index (χ3n) is 2.68. The van der Waals surface area contributed by atoms with E-state index in [1.807, 2.05) is 38.1 Å². The van der Waals surface area contributed by atoms with Crippen molar-refractivity contribution in [2.24, 2.45) is 0 Å². The first kappa shape index (κ1) is 13.7. The van der Waals surface area contributed by atoms with Gasteiger partial charge in [0, 0.05) is 6.07 Å². The summed E-state index contributed by atoms with van der Waals surface area (Å²) in [6.45, 7) is 3.91. The molecule has 0 aliphatic heterocycles. The molecule has 1 N–H and O–H groups in total. The molecule has 0 saturated carbocycles. The second-order valence-electron chi connectivity index (χ2n) is 4.18. The maximum atomic E-state index is 10.5. The Morgan fingerprint density at radius 3 is 2.60 bits per heavy atom. The van der Waals surface area contributed by atoms with Gasteiger partial charge in [0.1, 0.15) is 17.8 Å². The zero-order valence-corrected chi connectivity index (χ0v) is 11.2. The van der Waals surface area contributed by atoms with Crippen molar-refractivity contribution in [3.05, 3.63) is 57.9 Å². The molecule has 2 aromatic heterocycles. The molecule has 6 nitrogen and oxygen atoms in total. The molecule has 0 aromatic carbocycles. The van der Waals surface area contributed by atoms with Crippen LogP contribution in [0, 0.1) is 17.0 Å². The van der Waals surface area contributed by atoms with Gasteiger partial charge >= 0.3 is 0 Å². The standard InChI is InChI=1S/C14H14N4O2/c1-3-4-12-10(2)5-7-14(16-12)17-13-8-6-11(9-15-13)18(19)20/h3-9H,1-2H3,(H,15,16,17)/b4-3-. The Hall–Kier alpha value is -2.76. The van der Waals surface area contributed by atoms with Crippen molar-refractivity contribution >= 4 is 23.4 Å². The summed E-state index contributed by atoms with van der Waals surface area (Å²) in [5.41, 5.74) is 1.91. The molecule has 0 spiro atoms. The SMILES string of the molecule is C/C=C\c1nc(Nc2ccc([N+](=O)[O-])cn2)ccc1C. The molecule has 0 fully saturated rings. The summed E-state index contributed by atoms with van der Waals surface area (Å²) in [6.07, 6.45) is 5.05. The second-order valence-corrected chi connectivity index (χ2v) is 4.18. The molecule has 0 aliphatic carbocycles. The van der Waals surface area contributed by atoms with E-state index in [0.29, 0.717) is 11.6 Å². The Balaban J connectivity index is 2.21. The van der Waals surface area contributed by atoms with E-state index in [1.54, 1.807) is 6.07 Å². The molecule has 0 bridgehead atoms. The summed E-state index contributed by atoms with van der Waals surface area (Å²) in [6, 6.07) is 6.74. The monoisotopic (exact) mass is 270 g/mol. The number of allylic oxidation sites excluding steroid dienone is 1. The third kappa shape index (κ3) is 3.17. The van der Waals surface area contributed by atoms with Crippen LogP contribution in [-0.2, 0) is 0 Å². The zero-order chi connectivity index (χ0) is 14.5. The van der Waals surface area contributed by atoms with E-state index in [4.69, 9.17) is 0 Å². The number of hydrogen-bond acceptors (Lipinski definition) is 5. The third-order valence-corrected chi connectivity index (χ3v) is 2.68. The first-order chi connectivity index (χ1) is 9.60. The molecule has 0 saturated heterocycles. The van der Waals surface area contributed by atoms with Crippen molar-refractivity contribution in [2.75, 3.05) is 5.32 Å². The van der Waals surface area contributed by atoms with Gasteiger partial charge < -0.3 is 5.32 Å². The van der Waals surface area contributed by atoms with E-state index in [2.05, 4.69) is 15.3 Å². The van der Waals surface area contributed by atoms with E-state index >= 15 is 0 Å². The van der Waals surface area contributed by atoms with Crippen LogP contribution in [0.25, 0.3) is 6.08 Å². The minimum Gasteiger partial charge on any atom is -0.325 e. The molecule has 2 rings (SSSR count). The van der Waals surface area contributed by atoms with Crippen molar-refractivity contribution in [1.82, 2.24) is 9.97 Å². The predicted molar refractivity (Wildman–Crippen MR) is 77.9 cm³/mol. The Kier molecular flexibility index (Phi) is 4.05. The van der Waals surface area contributed by atoms with Gasteiger partial charge in [0.15, 0.2) is 0 Å². The molecular formula is C14H14N4O2. The number of rotatable bonds is 4. The number of anilines is 2. The number of nitro groups is 1. The number of pyridine rings is 2. The van der Waals surface area contributed by atoms with Crippen molar-refractivity contribution in [2.45, 2.75) is 13.8 Å². The fraction of sp³-hybridized carbons (Fsp3) is 0.143. The quantitative estimate of drug-likeness (QED) is 0.679. The van der Waals surface area contributed by atoms with Crippen LogP contribution in [0.5, 0.6) is 0 Å². The molecule has 2 heterocycles. The van der Waals surface area contributed by atoms with E-state index in [0.717, 1.165) is 11.3 Å². The lowest BCUT2D eigenvalue weighted by atomic mass is 10.2. The molecule has 0 atom stereocenters. The van der Waals surface area contributed by atoms with Gasteiger partial charge in [0.05, 0.1) is 10.6 Å². The second kappa shape index (κ2) is 5.92. The zero-order valence-electron chi connectivity index (χ0n) is 11.2.